The van der Waals surface area contributed by atoms with Crippen molar-refractivity contribution in [1.29, 1.82) is 0 Å². The number of benzene rings is 2. The van der Waals surface area contributed by atoms with E-state index in [1.807, 2.05) is 48.5 Å². The Labute approximate surface area is 137 Å². The molecular formula is C19H25NOS. The Morgan fingerprint density at radius 3 is 2.23 bits per heavy atom. The third kappa shape index (κ3) is 4.87. The van der Waals surface area contributed by atoms with Gasteiger partial charge in [-0.25, -0.2) is 0 Å². The Morgan fingerprint density at radius 2 is 1.59 bits per heavy atom. The number of aliphatic hydroxyl groups is 1. The molecule has 3 N–H and O–H groups in total. The molecule has 0 radical (unpaired) electrons. The molecule has 118 valence electrons. The molecule has 0 unspecified atom stereocenters. The largest absolute Gasteiger partial charge is 0.391 e. The number of nitrogens with two attached hydrogens (primary N) is 1. The highest BCUT2D eigenvalue weighted by Crippen LogP contribution is 2.36. The first-order valence-electron chi connectivity index (χ1n) is 7.62. The maximum Gasteiger partial charge on any atom is 0.0773 e. The molecule has 0 aliphatic rings. The average molecular weight is 315 g/mol. The van der Waals surface area contributed by atoms with Crippen LogP contribution in [0.1, 0.15) is 37.9 Å². The lowest BCUT2D eigenvalue weighted by molar-refractivity contribution is 0.144. The maximum atomic E-state index is 10.5. The van der Waals surface area contributed by atoms with Crippen molar-refractivity contribution < 1.29 is 5.11 Å². The second kappa shape index (κ2) is 7.32. The van der Waals surface area contributed by atoms with Gasteiger partial charge in [-0.05, 0) is 17.2 Å². The van der Waals surface area contributed by atoms with E-state index in [1.54, 1.807) is 11.8 Å². The lowest BCUT2D eigenvalue weighted by Crippen LogP contribution is -2.28. The number of hydrogen-bond donors (Lipinski definition) is 2. The highest BCUT2D eigenvalue weighted by atomic mass is 32.2. The molecule has 22 heavy (non-hydrogen) atoms. The van der Waals surface area contributed by atoms with Crippen molar-refractivity contribution in [3.8, 4) is 0 Å². The average Bonchev–Trinajstić information content (AvgIpc) is 2.46. The first kappa shape index (κ1) is 17.1. The molecular weight excluding hydrogens is 290 g/mol. The SMILES string of the molecule is CC(C)(C)Sc1ccccc1[C@@H](N)[C@@H](O)Cc1ccccc1. The second-order valence-corrected chi connectivity index (χ2v) is 8.40. The fourth-order valence-corrected chi connectivity index (χ4v) is 3.50. The van der Waals surface area contributed by atoms with Gasteiger partial charge >= 0.3 is 0 Å². The summed E-state index contributed by atoms with van der Waals surface area (Å²) in [6.45, 7) is 6.54. The van der Waals surface area contributed by atoms with E-state index in [9.17, 15) is 5.11 Å². The lowest BCUT2D eigenvalue weighted by atomic mass is 9.97. The van der Waals surface area contributed by atoms with Gasteiger partial charge in [-0.3, -0.25) is 0 Å². The molecule has 3 heteroatoms. The van der Waals surface area contributed by atoms with Gasteiger partial charge in [0, 0.05) is 16.1 Å². The topological polar surface area (TPSA) is 46.2 Å². The minimum absolute atomic E-state index is 0.111. The molecule has 0 aliphatic carbocycles. The molecule has 0 aromatic heterocycles. The Kier molecular flexibility index (Phi) is 5.68. The fraction of sp³-hybridized carbons (Fsp3) is 0.368. The molecule has 0 spiro atoms. The fourth-order valence-electron chi connectivity index (χ4n) is 2.37. The summed E-state index contributed by atoms with van der Waals surface area (Å²) in [7, 11) is 0. The molecule has 0 bridgehead atoms. The monoisotopic (exact) mass is 315 g/mol. The smallest absolute Gasteiger partial charge is 0.0773 e. The molecule has 2 aromatic rings. The highest BCUT2D eigenvalue weighted by Gasteiger charge is 2.22. The predicted molar refractivity (Wildman–Crippen MR) is 95.1 cm³/mol. The second-order valence-electron chi connectivity index (χ2n) is 6.54. The quantitative estimate of drug-likeness (QED) is 0.814. The van der Waals surface area contributed by atoms with Crippen LogP contribution in [0.4, 0.5) is 0 Å². The van der Waals surface area contributed by atoms with Crippen LogP contribution >= 0.6 is 11.8 Å². The van der Waals surface area contributed by atoms with Gasteiger partial charge in [0.15, 0.2) is 0 Å². The van der Waals surface area contributed by atoms with Crippen LogP contribution in [-0.4, -0.2) is 16.0 Å². The lowest BCUT2D eigenvalue weighted by Gasteiger charge is -2.25. The van der Waals surface area contributed by atoms with E-state index in [4.69, 9.17) is 5.73 Å². The summed E-state index contributed by atoms with van der Waals surface area (Å²) >= 11 is 1.79. The molecule has 0 heterocycles. The summed E-state index contributed by atoms with van der Waals surface area (Å²) in [6, 6.07) is 17.7. The van der Waals surface area contributed by atoms with E-state index < -0.39 is 6.10 Å². The van der Waals surface area contributed by atoms with Crippen LogP contribution in [0.3, 0.4) is 0 Å². The van der Waals surface area contributed by atoms with Gasteiger partial charge in [-0.15, -0.1) is 11.8 Å². The van der Waals surface area contributed by atoms with Crippen LogP contribution in [0.25, 0.3) is 0 Å². The van der Waals surface area contributed by atoms with Crippen LogP contribution in [-0.2, 0) is 6.42 Å². The van der Waals surface area contributed by atoms with E-state index >= 15 is 0 Å². The highest BCUT2D eigenvalue weighted by molar-refractivity contribution is 8.00. The first-order valence-corrected chi connectivity index (χ1v) is 8.44. The van der Waals surface area contributed by atoms with Gasteiger partial charge in [0.2, 0.25) is 0 Å². The summed E-state index contributed by atoms with van der Waals surface area (Å²) < 4.78 is 0.111. The van der Waals surface area contributed by atoms with Gasteiger partial charge in [0.1, 0.15) is 0 Å². The van der Waals surface area contributed by atoms with Gasteiger partial charge in [-0.2, -0.15) is 0 Å². The van der Waals surface area contributed by atoms with Crippen molar-refractivity contribution in [1.82, 2.24) is 0 Å². The number of thioether (sulfide) groups is 1. The number of aliphatic hydroxyl groups excluding tert-OH is 1. The van der Waals surface area contributed by atoms with E-state index in [1.165, 1.54) is 0 Å². The molecule has 0 saturated heterocycles. The molecule has 2 aromatic carbocycles. The zero-order chi connectivity index (χ0) is 16.2. The van der Waals surface area contributed by atoms with Crippen molar-refractivity contribution in [2.45, 2.75) is 49.0 Å². The van der Waals surface area contributed by atoms with Crippen LogP contribution in [0, 0.1) is 0 Å². The summed E-state index contributed by atoms with van der Waals surface area (Å²) in [5, 5.41) is 10.5. The third-order valence-corrected chi connectivity index (χ3v) is 4.60. The van der Waals surface area contributed by atoms with Crippen molar-refractivity contribution in [3.63, 3.8) is 0 Å². The van der Waals surface area contributed by atoms with Gasteiger partial charge in [-0.1, -0.05) is 69.3 Å². The Bertz CT molecular complexity index is 592. The van der Waals surface area contributed by atoms with Crippen molar-refractivity contribution in [2.75, 3.05) is 0 Å². The molecule has 0 fully saturated rings. The standard InChI is InChI=1S/C19H25NOS/c1-19(2,3)22-17-12-8-7-11-15(17)18(20)16(21)13-14-9-5-4-6-10-14/h4-12,16,18,21H,13,20H2,1-3H3/t16-,18+/m0/s1. The van der Waals surface area contributed by atoms with E-state index in [2.05, 4.69) is 26.8 Å². The number of rotatable bonds is 5. The molecule has 2 atom stereocenters. The Hall–Kier alpha value is -1.29. The normalized spacial score (nSPS) is 14.6. The molecule has 2 nitrogen and oxygen atoms in total. The minimum Gasteiger partial charge on any atom is -0.391 e. The van der Waals surface area contributed by atoms with Crippen LogP contribution < -0.4 is 5.73 Å². The van der Waals surface area contributed by atoms with E-state index in [0.29, 0.717) is 6.42 Å². The first-order chi connectivity index (χ1) is 10.4. The maximum absolute atomic E-state index is 10.5. The summed E-state index contributed by atoms with van der Waals surface area (Å²) in [4.78, 5) is 1.15. The summed E-state index contributed by atoms with van der Waals surface area (Å²) in [6.07, 6.45) is -0.0274. The van der Waals surface area contributed by atoms with Gasteiger partial charge in [0.25, 0.3) is 0 Å². The Morgan fingerprint density at radius 1 is 1.00 bits per heavy atom. The van der Waals surface area contributed by atoms with Crippen LogP contribution in [0.2, 0.25) is 0 Å². The number of hydrogen-bond acceptors (Lipinski definition) is 3. The zero-order valence-electron chi connectivity index (χ0n) is 13.5. The van der Waals surface area contributed by atoms with Crippen molar-refractivity contribution in [3.05, 3.63) is 65.7 Å². The van der Waals surface area contributed by atoms with Crippen LogP contribution in [0.15, 0.2) is 59.5 Å². The Balaban J connectivity index is 2.16. The molecule has 0 saturated carbocycles. The molecule has 0 amide bonds. The van der Waals surface area contributed by atoms with Crippen molar-refractivity contribution in [2.24, 2.45) is 5.73 Å². The summed E-state index contributed by atoms with van der Waals surface area (Å²) in [5.41, 5.74) is 8.47. The van der Waals surface area contributed by atoms with Crippen molar-refractivity contribution >= 4 is 11.8 Å². The predicted octanol–water partition coefficient (Wildman–Crippen LogP) is 4.18. The summed E-state index contributed by atoms with van der Waals surface area (Å²) in [5.74, 6) is 0. The van der Waals surface area contributed by atoms with Crippen LogP contribution in [0.5, 0.6) is 0 Å². The van der Waals surface area contributed by atoms with Gasteiger partial charge < -0.3 is 10.8 Å². The van der Waals surface area contributed by atoms with E-state index in [0.717, 1.165) is 16.0 Å². The minimum atomic E-state index is -0.593. The third-order valence-electron chi connectivity index (χ3n) is 3.40. The molecule has 0 aliphatic heterocycles. The van der Waals surface area contributed by atoms with E-state index in [-0.39, 0.29) is 10.8 Å². The zero-order valence-corrected chi connectivity index (χ0v) is 14.3. The van der Waals surface area contributed by atoms with Gasteiger partial charge in [0.05, 0.1) is 12.1 Å². The molecule has 2 rings (SSSR count).